The molecule has 2 aromatic rings. The summed E-state index contributed by atoms with van der Waals surface area (Å²) < 4.78 is 60.1. The average molecular weight is 374 g/mol. The molecule has 132 valence electrons. The van der Waals surface area contributed by atoms with Gasteiger partial charge in [-0.15, -0.1) is 0 Å². The van der Waals surface area contributed by atoms with Crippen molar-refractivity contribution >= 4 is 31.6 Å². The predicted molar refractivity (Wildman–Crippen MR) is 90.8 cm³/mol. The number of anilines is 2. The van der Waals surface area contributed by atoms with Gasteiger partial charge in [0.15, 0.2) is 0 Å². The molecule has 24 heavy (non-hydrogen) atoms. The SMILES string of the molecule is Cc1ccc(N)cc1S(=O)(=O)O.Cc1ccc(S(=O)(=O)O)c(N)c1. The summed E-state index contributed by atoms with van der Waals surface area (Å²) in [6.45, 7) is 3.37. The number of rotatable bonds is 2. The van der Waals surface area contributed by atoms with Crippen LogP contribution >= 0.6 is 0 Å². The van der Waals surface area contributed by atoms with E-state index in [0.717, 1.165) is 5.56 Å². The van der Waals surface area contributed by atoms with E-state index in [-0.39, 0.29) is 15.5 Å². The Morgan fingerprint density at radius 3 is 1.75 bits per heavy atom. The quantitative estimate of drug-likeness (QED) is 0.455. The molecule has 2 aromatic carbocycles. The maximum atomic E-state index is 10.7. The minimum absolute atomic E-state index is 0.0671. The molecule has 0 fully saturated rings. The molecule has 0 unspecified atom stereocenters. The fourth-order valence-electron chi connectivity index (χ4n) is 1.80. The molecule has 0 radical (unpaired) electrons. The van der Waals surface area contributed by atoms with E-state index in [1.54, 1.807) is 32.0 Å². The van der Waals surface area contributed by atoms with Gasteiger partial charge in [0.25, 0.3) is 20.2 Å². The van der Waals surface area contributed by atoms with E-state index in [1.807, 2.05) is 0 Å². The summed E-state index contributed by atoms with van der Waals surface area (Å²) >= 11 is 0. The van der Waals surface area contributed by atoms with Gasteiger partial charge in [-0.2, -0.15) is 16.8 Å². The Balaban J connectivity index is 0.000000240. The Kier molecular flexibility index (Phi) is 5.95. The van der Waals surface area contributed by atoms with Crippen molar-refractivity contribution in [2.24, 2.45) is 0 Å². The smallest absolute Gasteiger partial charge is 0.296 e. The van der Waals surface area contributed by atoms with Crippen molar-refractivity contribution in [3.8, 4) is 0 Å². The molecule has 6 N–H and O–H groups in total. The van der Waals surface area contributed by atoms with Gasteiger partial charge in [0, 0.05) is 5.69 Å². The second-order valence-corrected chi connectivity index (χ2v) is 7.80. The zero-order chi connectivity index (χ0) is 18.7. The van der Waals surface area contributed by atoms with Gasteiger partial charge in [-0.05, 0) is 49.2 Å². The van der Waals surface area contributed by atoms with Crippen LogP contribution < -0.4 is 11.5 Å². The minimum Gasteiger partial charge on any atom is -0.399 e. The van der Waals surface area contributed by atoms with Crippen molar-refractivity contribution in [3.05, 3.63) is 47.5 Å². The first-order valence-corrected chi connectivity index (χ1v) is 9.37. The zero-order valence-electron chi connectivity index (χ0n) is 13.0. The van der Waals surface area contributed by atoms with Gasteiger partial charge >= 0.3 is 0 Å². The Bertz CT molecular complexity index is 953. The van der Waals surface area contributed by atoms with Gasteiger partial charge in [-0.1, -0.05) is 12.1 Å². The summed E-state index contributed by atoms with van der Waals surface area (Å²) in [6, 6.07) is 8.68. The van der Waals surface area contributed by atoms with Crippen molar-refractivity contribution < 1.29 is 25.9 Å². The number of hydrogen-bond acceptors (Lipinski definition) is 6. The fourth-order valence-corrected chi connectivity index (χ4v) is 3.15. The molecule has 0 aromatic heterocycles. The van der Waals surface area contributed by atoms with Crippen LogP contribution in [0.25, 0.3) is 0 Å². The second kappa shape index (κ2) is 7.18. The zero-order valence-corrected chi connectivity index (χ0v) is 14.6. The van der Waals surface area contributed by atoms with Gasteiger partial charge in [-0.3, -0.25) is 9.11 Å². The van der Waals surface area contributed by atoms with E-state index in [0.29, 0.717) is 11.3 Å². The highest BCUT2D eigenvalue weighted by molar-refractivity contribution is 7.86. The van der Waals surface area contributed by atoms with Gasteiger partial charge in [-0.25, -0.2) is 0 Å². The molecule has 0 bridgehead atoms. The van der Waals surface area contributed by atoms with Crippen LogP contribution in [-0.4, -0.2) is 25.9 Å². The van der Waals surface area contributed by atoms with Crippen LogP contribution in [0.15, 0.2) is 46.2 Å². The molecule has 0 atom stereocenters. The van der Waals surface area contributed by atoms with Crippen LogP contribution in [0.2, 0.25) is 0 Å². The van der Waals surface area contributed by atoms with Crippen LogP contribution in [0.5, 0.6) is 0 Å². The van der Waals surface area contributed by atoms with Crippen LogP contribution in [-0.2, 0) is 20.2 Å². The highest BCUT2D eigenvalue weighted by Gasteiger charge is 2.13. The van der Waals surface area contributed by atoms with E-state index in [9.17, 15) is 16.8 Å². The van der Waals surface area contributed by atoms with Crippen molar-refractivity contribution in [3.63, 3.8) is 0 Å². The number of nitrogen functional groups attached to an aromatic ring is 2. The third kappa shape index (κ3) is 5.49. The molecular weight excluding hydrogens is 356 g/mol. The lowest BCUT2D eigenvalue weighted by Crippen LogP contribution is -2.02. The third-order valence-electron chi connectivity index (χ3n) is 2.93. The van der Waals surface area contributed by atoms with E-state index < -0.39 is 20.2 Å². The molecule has 10 heteroatoms. The Hall–Kier alpha value is -2.14. The number of benzene rings is 2. The fraction of sp³-hybridized carbons (Fsp3) is 0.143. The van der Waals surface area contributed by atoms with Crippen LogP contribution in [0.4, 0.5) is 11.4 Å². The first kappa shape index (κ1) is 19.9. The maximum absolute atomic E-state index is 10.7. The molecule has 0 aliphatic carbocycles. The molecule has 0 heterocycles. The Morgan fingerprint density at radius 1 is 0.792 bits per heavy atom. The molecule has 0 amide bonds. The number of hydrogen-bond donors (Lipinski definition) is 4. The largest absolute Gasteiger partial charge is 0.399 e. The van der Waals surface area contributed by atoms with E-state index in [1.165, 1.54) is 18.2 Å². The highest BCUT2D eigenvalue weighted by Crippen LogP contribution is 2.18. The number of nitrogens with two attached hydrogens (primary N) is 2. The number of aryl methyl sites for hydroxylation is 2. The second-order valence-electron chi connectivity index (χ2n) is 5.02. The molecular formula is C14H18N2O6S2. The van der Waals surface area contributed by atoms with Crippen LogP contribution in [0.1, 0.15) is 11.1 Å². The molecule has 0 aliphatic heterocycles. The van der Waals surface area contributed by atoms with Crippen molar-refractivity contribution in [2.45, 2.75) is 23.6 Å². The van der Waals surface area contributed by atoms with Crippen molar-refractivity contribution in [1.29, 1.82) is 0 Å². The van der Waals surface area contributed by atoms with Crippen molar-refractivity contribution in [2.75, 3.05) is 11.5 Å². The lowest BCUT2D eigenvalue weighted by Gasteiger charge is -2.02. The summed E-state index contributed by atoms with van der Waals surface area (Å²) in [4.78, 5) is -0.379. The molecule has 0 saturated heterocycles. The van der Waals surface area contributed by atoms with Crippen LogP contribution in [0, 0.1) is 13.8 Å². The standard InChI is InChI=1S/2C7H9NO3S/c1-5-2-3-6(8)4-7(5)12(9,10)11;1-5-2-3-7(6(8)4-5)12(9,10)11/h2*2-4H,8H2,1H3,(H,9,10,11). The van der Waals surface area contributed by atoms with E-state index in [2.05, 4.69) is 0 Å². The Morgan fingerprint density at radius 2 is 1.33 bits per heavy atom. The summed E-state index contributed by atoms with van der Waals surface area (Å²) in [5.74, 6) is 0. The molecule has 0 saturated carbocycles. The van der Waals surface area contributed by atoms with E-state index in [4.69, 9.17) is 20.6 Å². The highest BCUT2D eigenvalue weighted by atomic mass is 32.2. The average Bonchev–Trinajstić information content (AvgIpc) is 2.39. The molecule has 2 rings (SSSR count). The van der Waals surface area contributed by atoms with Gasteiger partial charge < -0.3 is 11.5 Å². The molecule has 8 nitrogen and oxygen atoms in total. The predicted octanol–water partition coefficient (Wildman–Crippen LogP) is 1.65. The monoisotopic (exact) mass is 374 g/mol. The maximum Gasteiger partial charge on any atom is 0.296 e. The lowest BCUT2D eigenvalue weighted by atomic mass is 10.2. The molecule has 0 spiro atoms. The first-order valence-electron chi connectivity index (χ1n) is 6.49. The Labute approximate surface area is 140 Å². The topological polar surface area (TPSA) is 161 Å². The normalized spacial score (nSPS) is 11.5. The van der Waals surface area contributed by atoms with Gasteiger partial charge in [0.05, 0.1) is 10.6 Å². The third-order valence-corrected chi connectivity index (χ3v) is 4.86. The van der Waals surface area contributed by atoms with Gasteiger partial charge in [0.2, 0.25) is 0 Å². The van der Waals surface area contributed by atoms with Crippen molar-refractivity contribution in [1.82, 2.24) is 0 Å². The summed E-state index contributed by atoms with van der Waals surface area (Å²) in [5, 5.41) is 0. The summed E-state index contributed by atoms with van der Waals surface area (Å²) in [5.41, 5.74) is 12.4. The van der Waals surface area contributed by atoms with Crippen LogP contribution in [0.3, 0.4) is 0 Å². The molecule has 0 aliphatic rings. The lowest BCUT2D eigenvalue weighted by molar-refractivity contribution is 0.480. The van der Waals surface area contributed by atoms with E-state index >= 15 is 0 Å². The summed E-state index contributed by atoms with van der Waals surface area (Å²) in [6.07, 6.45) is 0. The first-order chi connectivity index (χ1) is 10.8. The van der Waals surface area contributed by atoms with Gasteiger partial charge in [0.1, 0.15) is 4.90 Å². The summed E-state index contributed by atoms with van der Waals surface area (Å²) in [7, 11) is -8.31. The minimum atomic E-state index is -4.18.